The van der Waals surface area contributed by atoms with Crippen LogP contribution in [0.1, 0.15) is 70.8 Å². The van der Waals surface area contributed by atoms with E-state index in [9.17, 15) is 19.8 Å². The molecule has 1 aromatic rings. The summed E-state index contributed by atoms with van der Waals surface area (Å²) >= 11 is 0. The third-order valence-corrected chi connectivity index (χ3v) is 10.8. The standard InChI is InChI=1S/C27H35NO4/c1-25-11-9-16(29)13-15(25)7-8-17-18(25)10-12-26(2)20(17)14-21(23(26)30)27(32)19-5-3-4-6-22(19)28-24(27)31/h3-6,15-18,20-21,29,32H,7-14H2,1-2H3,(H,28,31)/t15-,16-,17-,18+,20+,21+,25+,26+,27-/m1/s1. The second kappa shape index (κ2) is 6.66. The zero-order chi connectivity index (χ0) is 22.5. The highest BCUT2D eigenvalue weighted by molar-refractivity contribution is 6.09. The fourth-order valence-electron chi connectivity index (χ4n) is 9.03. The lowest BCUT2D eigenvalue weighted by atomic mass is 9.45. The van der Waals surface area contributed by atoms with Crippen LogP contribution in [0.25, 0.3) is 0 Å². The molecule has 1 heterocycles. The Hall–Kier alpha value is -1.72. The molecule has 4 fully saturated rings. The summed E-state index contributed by atoms with van der Waals surface area (Å²) in [4.78, 5) is 26.9. The number of aliphatic hydroxyl groups is 2. The van der Waals surface area contributed by atoms with E-state index in [0.29, 0.717) is 35.4 Å². The number of ketones is 1. The van der Waals surface area contributed by atoms with E-state index in [0.717, 1.165) is 44.9 Å². The van der Waals surface area contributed by atoms with Gasteiger partial charge >= 0.3 is 0 Å². The van der Waals surface area contributed by atoms with Gasteiger partial charge in [0.1, 0.15) is 5.78 Å². The summed E-state index contributed by atoms with van der Waals surface area (Å²) in [5.41, 5.74) is -0.812. The number of para-hydroxylation sites is 1. The number of hydrogen-bond acceptors (Lipinski definition) is 4. The zero-order valence-electron chi connectivity index (χ0n) is 19.1. The lowest BCUT2D eigenvalue weighted by molar-refractivity contribution is -0.151. The molecule has 0 spiro atoms. The first-order valence-corrected chi connectivity index (χ1v) is 12.6. The number of Topliss-reactive ketones (excluding diaryl/α,β-unsaturated/α-hetero) is 1. The Balaban J connectivity index is 1.35. The van der Waals surface area contributed by atoms with Gasteiger partial charge < -0.3 is 15.5 Å². The van der Waals surface area contributed by atoms with E-state index in [1.54, 1.807) is 12.1 Å². The third kappa shape index (κ3) is 2.47. The maximum absolute atomic E-state index is 13.9. The molecule has 5 nitrogen and oxygen atoms in total. The molecule has 4 saturated carbocycles. The van der Waals surface area contributed by atoms with Crippen molar-refractivity contribution in [3.63, 3.8) is 0 Å². The molecule has 1 aromatic carbocycles. The average Bonchev–Trinajstić information content (AvgIpc) is 3.20. The summed E-state index contributed by atoms with van der Waals surface area (Å²) in [7, 11) is 0. The van der Waals surface area contributed by atoms with Crippen LogP contribution >= 0.6 is 0 Å². The summed E-state index contributed by atoms with van der Waals surface area (Å²) in [6.45, 7) is 4.54. The van der Waals surface area contributed by atoms with Crippen LogP contribution in [0.2, 0.25) is 0 Å². The third-order valence-electron chi connectivity index (χ3n) is 10.8. The van der Waals surface area contributed by atoms with Gasteiger partial charge in [0.05, 0.1) is 12.0 Å². The second-order valence-corrected chi connectivity index (χ2v) is 12.0. The van der Waals surface area contributed by atoms with Gasteiger partial charge in [0.25, 0.3) is 5.91 Å². The molecule has 0 bridgehead atoms. The Labute approximate surface area is 190 Å². The molecule has 0 saturated heterocycles. The molecule has 1 amide bonds. The number of nitrogens with one attached hydrogen (secondary N) is 1. The quantitative estimate of drug-likeness (QED) is 0.619. The van der Waals surface area contributed by atoms with Crippen LogP contribution in [-0.4, -0.2) is 28.0 Å². The number of benzene rings is 1. The Morgan fingerprint density at radius 2 is 1.75 bits per heavy atom. The van der Waals surface area contributed by atoms with Gasteiger partial charge in [-0.1, -0.05) is 32.0 Å². The lowest BCUT2D eigenvalue weighted by Gasteiger charge is -2.60. The largest absolute Gasteiger partial charge is 0.393 e. The first-order valence-electron chi connectivity index (χ1n) is 12.6. The molecule has 32 heavy (non-hydrogen) atoms. The topological polar surface area (TPSA) is 86.6 Å². The summed E-state index contributed by atoms with van der Waals surface area (Å²) in [6, 6.07) is 7.25. The number of aliphatic hydroxyl groups excluding tert-OH is 1. The van der Waals surface area contributed by atoms with E-state index < -0.39 is 22.8 Å². The molecular formula is C27H35NO4. The Morgan fingerprint density at radius 3 is 2.56 bits per heavy atom. The molecule has 0 aromatic heterocycles. The van der Waals surface area contributed by atoms with Gasteiger partial charge in [0.2, 0.25) is 0 Å². The Kier molecular flexibility index (Phi) is 4.34. The lowest BCUT2D eigenvalue weighted by Crippen LogP contribution is -2.54. The van der Waals surface area contributed by atoms with Gasteiger partial charge in [-0.05, 0) is 86.5 Å². The normalized spacial score (nSPS) is 49.6. The number of carbonyl (C=O) groups excluding carboxylic acids is 2. The smallest absolute Gasteiger partial charge is 0.261 e. The van der Waals surface area contributed by atoms with Crippen LogP contribution in [0.4, 0.5) is 5.69 Å². The molecular weight excluding hydrogens is 402 g/mol. The molecule has 5 aliphatic rings. The average molecular weight is 438 g/mol. The van der Waals surface area contributed by atoms with Gasteiger partial charge in [-0.3, -0.25) is 9.59 Å². The van der Waals surface area contributed by atoms with Crippen molar-refractivity contribution in [2.45, 2.75) is 76.9 Å². The molecule has 5 heteroatoms. The van der Waals surface area contributed by atoms with Gasteiger partial charge in [-0.2, -0.15) is 0 Å². The van der Waals surface area contributed by atoms with E-state index in [1.165, 1.54) is 0 Å². The number of hydrogen-bond donors (Lipinski definition) is 3. The van der Waals surface area contributed by atoms with Crippen LogP contribution in [0.3, 0.4) is 0 Å². The number of rotatable bonds is 1. The molecule has 9 atom stereocenters. The van der Waals surface area contributed by atoms with Crippen molar-refractivity contribution in [3.05, 3.63) is 29.8 Å². The molecule has 4 aliphatic carbocycles. The summed E-state index contributed by atoms with van der Waals surface area (Å²) < 4.78 is 0. The highest BCUT2D eigenvalue weighted by Gasteiger charge is 2.67. The molecule has 0 radical (unpaired) electrons. The molecule has 1 aliphatic heterocycles. The summed E-state index contributed by atoms with van der Waals surface area (Å²) in [5, 5.41) is 24.8. The van der Waals surface area contributed by atoms with Crippen molar-refractivity contribution < 1.29 is 19.8 Å². The second-order valence-electron chi connectivity index (χ2n) is 12.0. The van der Waals surface area contributed by atoms with Crippen LogP contribution < -0.4 is 5.32 Å². The molecule has 172 valence electrons. The zero-order valence-corrected chi connectivity index (χ0v) is 19.1. The fraction of sp³-hybridized carbons (Fsp3) is 0.704. The van der Waals surface area contributed by atoms with Gasteiger partial charge in [0.15, 0.2) is 5.60 Å². The maximum atomic E-state index is 13.9. The first-order chi connectivity index (χ1) is 15.2. The predicted molar refractivity (Wildman–Crippen MR) is 121 cm³/mol. The SMILES string of the molecule is C[C@]12CC[C@@H](O)C[C@H]1CC[C@@H]1[C@@H]2CC[C@]2(C)C(=O)[C@@H]([C@@]3(O)C(=O)Nc4ccccc43)C[C@@H]12. The van der Waals surface area contributed by atoms with Crippen LogP contribution in [0.5, 0.6) is 0 Å². The van der Waals surface area contributed by atoms with E-state index >= 15 is 0 Å². The van der Waals surface area contributed by atoms with Crippen LogP contribution in [0, 0.1) is 40.4 Å². The molecule has 0 unspecified atom stereocenters. The van der Waals surface area contributed by atoms with Crippen LogP contribution in [-0.2, 0) is 15.2 Å². The van der Waals surface area contributed by atoms with Gasteiger partial charge in [-0.15, -0.1) is 0 Å². The van der Waals surface area contributed by atoms with Gasteiger partial charge in [-0.25, -0.2) is 0 Å². The minimum absolute atomic E-state index is 0.0849. The molecule has 6 rings (SSSR count). The van der Waals surface area contributed by atoms with E-state index in [2.05, 4.69) is 19.2 Å². The van der Waals surface area contributed by atoms with Crippen molar-refractivity contribution in [1.29, 1.82) is 0 Å². The minimum atomic E-state index is -1.76. The summed E-state index contributed by atoms with van der Waals surface area (Å²) in [5.74, 6) is 0.766. The highest BCUT2D eigenvalue weighted by Crippen LogP contribution is 2.67. The summed E-state index contributed by atoms with van der Waals surface area (Å²) in [6.07, 6.45) is 7.41. The Morgan fingerprint density at radius 1 is 0.969 bits per heavy atom. The highest BCUT2D eigenvalue weighted by atomic mass is 16.3. The Bertz CT molecular complexity index is 992. The van der Waals surface area contributed by atoms with E-state index in [1.807, 2.05) is 12.1 Å². The van der Waals surface area contributed by atoms with E-state index in [-0.39, 0.29) is 23.2 Å². The monoisotopic (exact) mass is 437 g/mol. The van der Waals surface area contributed by atoms with Crippen molar-refractivity contribution >= 4 is 17.4 Å². The van der Waals surface area contributed by atoms with Crippen molar-refractivity contribution in [3.8, 4) is 0 Å². The van der Waals surface area contributed by atoms with Crippen LogP contribution in [0.15, 0.2) is 24.3 Å². The van der Waals surface area contributed by atoms with Crippen molar-refractivity contribution in [2.75, 3.05) is 5.32 Å². The predicted octanol–water partition coefficient (Wildman–Crippen LogP) is 4.03. The van der Waals surface area contributed by atoms with Crippen molar-refractivity contribution in [1.82, 2.24) is 0 Å². The minimum Gasteiger partial charge on any atom is -0.393 e. The maximum Gasteiger partial charge on any atom is 0.261 e. The van der Waals surface area contributed by atoms with Crippen molar-refractivity contribution in [2.24, 2.45) is 40.4 Å². The van der Waals surface area contributed by atoms with Gasteiger partial charge in [0, 0.05) is 16.7 Å². The van der Waals surface area contributed by atoms with E-state index in [4.69, 9.17) is 0 Å². The number of fused-ring (bicyclic) bond motifs is 6. The number of amides is 1. The number of carbonyl (C=O) groups is 2. The first kappa shape index (κ1) is 20.9. The molecule has 3 N–H and O–H groups in total. The number of anilines is 1. The fourth-order valence-corrected chi connectivity index (χ4v) is 9.03.